The molecule has 0 rings (SSSR count). The fraction of sp³-hybridized carbons (Fsp3) is 1.00. The second-order valence-electron chi connectivity index (χ2n) is 1.40. The van der Waals surface area contributed by atoms with Crippen LogP contribution < -0.4 is 0 Å². The minimum atomic E-state index is -3.47. The van der Waals surface area contributed by atoms with E-state index < -0.39 is 16.4 Å². The van der Waals surface area contributed by atoms with Crippen molar-refractivity contribution in [3.8, 4) is 0 Å². The molecule has 52 valence electrons. The van der Waals surface area contributed by atoms with Crippen LogP contribution in [0.2, 0.25) is 0 Å². The fourth-order valence-electron chi connectivity index (χ4n) is 0.253. The van der Waals surface area contributed by atoms with E-state index in [1.807, 2.05) is 0 Å². The molecule has 0 saturated heterocycles. The molecule has 0 aliphatic carbocycles. The molecule has 6 heteroatoms. The summed E-state index contributed by atoms with van der Waals surface area (Å²) >= 11 is 0. The third kappa shape index (κ3) is 12.1. The van der Waals surface area contributed by atoms with Gasteiger partial charge in [-0.3, -0.25) is 0 Å². The molecule has 1 atom stereocenters. The van der Waals surface area contributed by atoms with E-state index in [0.29, 0.717) is 0 Å². The second kappa shape index (κ2) is 4.65. The van der Waals surface area contributed by atoms with E-state index in [9.17, 15) is 8.42 Å². The van der Waals surface area contributed by atoms with Crippen molar-refractivity contribution >= 4 is 39.7 Å². The first kappa shape index (κ1) is 12.5. The molecule has 0 saturated carbocycles. The van der Waals surface area contributed by atoms with Gasteiger partial charge in [0.2, 0.25) is 0 Å². The Hall–Kier alpha value is 0.870. The van der Waals surface area contributed by atoms with E-state index >= 15 is 0 Å². The van der Waals surface area contributed by atoms with Gasteiger partial charge in [0.05, 0.1) is 6.26 Å². The van der Waals surface area contributed by atoms with Gasteiger partial charge in [-0.05, 0) is 6.92 Å². The summed E-state index contributed by atoms with van der Waals surface area (Å²) in [5, 5.41) is 8.29. The van der Waals surface area contributed by atoms with E-state index in [1.165, 1.54) is 6.92 Å². The van der Waals surface area contributed by atoms with Gasteiger partial charge in [-0.25, -0.2) is 4.18 Å². The van der Waals surface area contributed by atoms with Crippen LogP contribution >= 0.6 is 0 Å². The number of hydrogen-bond acceptors (Lipinski definition) is 4. The van der Waals surface area contributed by atoms with Gasteiger partial charge in [0.15, 0.2) is 6.29 Å². The van der Waals surface area contributed by atoms with Crippen LogP contribution in [0, 0.1) is 0 Å². The molecule has 0 heterocycles. The fourth-order valence-corrected chi connectivity index (χ4v) is 0.759. The standard InChI is InChI=1S/C3H8O4S.Na.H/c1-3(4)7-8(2,5)6;;/h3-4H,1-2H3;;. The molecule has 9 heavy (non-hydrogen) atoms. The first-order valence-corrected chi connectivity index (χ1v) is 3.80. The first-order valence-electron chi connectivity index (χ1n) is 1.98. The Morgan fingerprint density at radius 1 is 1.56 bits per heavy atom. The minimum absolute atomic E-state index is 0. The van der Waals surface area contributed by atoms with Crippen molar-refractivity contribution in [1.82, 2.24) is 0 Å². The Kier molecular flexibility index (Phi) is 6.48. The quantitative estimate of drug-likeness (QED) is 0.311. The molecular weight excluding hydrogens is 155 g/mol. The van der Waals surface area contributed by atoms with Crippen molar-refractivity contribution in [2.75, 3.05) is 6.26 Å². The predicted octanol–water partition coefficient (Wildman–Crippen LogP) is -1.35. The summed E-state index contributed by atoms with van der Waals surface area (Å²) in [6, 6.07) is 0. The molecular formula is C3H9NaO4S. The van der Waals surface area contributed by atoms with Crippen LogP contribution in [0.1, 0.15) is 6.92 Å². The molecule has 0 aromatic carbocycles. The normalized spacial score (nSPS) is 14.1. The Morgan fingerprint density at radius 3 is 1.89 bits per heavy atom. The van der Waals surface area contributed by atoms with Crippen LogP contribution in [0.5, 0.6) is 0 Å². The topological polar surface area (TPSA) is 63.6 Å². The first-order chi connectivity index (χ1) is 3.42. The van der Waals surface area contributed by atoms with Crippen LogP contribution in [0.25, 0.3) is 0 Å². The maximum absolute atomic E-state index is 10.1. The number of rotatable bonds is 2. The summed E-state index contributed by atoms with van der Waals surface area (Å²) in [6.07, 6.45) is -0.371. The molecule has 0 aromatic rings. The van der Waals surface area contributed by atoms with E-state index in [1.54, 1.807) is 0 Å². The number of hydrogen-bond donors (Lipinski definition) is 1. The zero-order valence-corrected chi connectivity index (χ0v) is 5.47. The Bertz CT molecular complexity index is 149. The van der Waals surface area contributed by atoms with E-state index in [2.05, 4.69) is 4.18 Å². The molecule has 0 amide bonds. The van der Waals surface area contributed by atoms with E-state index in [0.717, 1.165) is 6.26 Å². The van der Waals surface area contributed by atoms with Crippen molar-refractivity contribution in [2.24, 2.45) is 0 Å². The molecule has 4 nitrogen and oxygen atoms in total. The molecule has 0 radical (unpaired) electrons. The summed E-state index contributed by atoms with van der Waals surface area (Å²) in [5.74, 6) is 0. The van der Waals surface area contributed by atoms with Crippen molar-refractivity contribution < 1.29 is 17.7 Å². The molecule has 0 fully saturated rings. The van der Waals surface area contributed by atoms with Gasteiger partial charge in [0, 0.05) is 0 Å². The molecule has 1 N–H and O–H groups in total. The van der Waals surface area contributed by atoms with Crippen LogP contribution in [-0.2, 0) is 14.3 Å². The molecule has 1 unspecified atom stereocenters. The van der Waals surface area contributed by atoms with Gasteiger partial charge in [-0.2, -0.15) is 8.42 Å². The third-order valence-electron chi connectivity index (χ3n) is 0.314. The number of aliphatic hydroxyl groups excluding tert-OH is 1. The average Bonchev–Trinajstić information content (AvgIpc) is 1.21. The summed E-state index contributed by atoms with van der Waals surface area (Å²) < 4.78 is 24.1. The van der Waals surface area contributed by atoms with Crippen molar-refractivity contribution in [3.05, 3.63) is 0 Å². The zero-order valence-electron chi connectivity index (χ0n) is 4.66. The zero-order chi connectivity index (χ0) is 6.78. The monoisotopic (exact) mass is 164 g/mol. The summed E-state index contributed by atoms with van der Waals surface area (Å²) in [6.45, 7) is 1.22. The average molecular weight is 164 g/mol. The summed E-state index contributed by atoms with van der Waals surface area (Å²) in [4.78, 5) is 0. The Morgan fingerprint density at radius 2 is 1.89 bits per heavy atom. The Labute approximate surface area is 76.6 Å². The van der Waals surface area contributed by atoms with Crippen molar-refractivity contribution in [2.45, 2.75) is 13.2 Å². The Balaban J connectivity index is 0. The van der Waals surface area contributed by atoms with Gasteiger partial charge < -0.3 is 5.11 Å². The maximum atomic E-state index is 10.1. The second-order valence-corrected chi connectivity index (χ2v) is 3.00. The van der Waals surface area contributed by atoms with E-state index in [4.69, 9.17) is 5.11 Å². The number of aliphatic hydroxyl groups is 1. The molecule has 0 spiro atoms. The van der Waals surface area contributed by atoms with Crippen LogP contribution in [0.3, 0.4) is 0 Å². The molecule has 0 aromatic heterocycles. The van der Waals surface area contributed by atoms with Crippen LogP contribution in [-0.4, -0.2) is 55.6 Å². The molecule has 0 bridgehead atoms. The summed E-state index contributed by atoms with van der Waals surface area (Å²) in [7, 11) is -3.47. The SMILES string of the molecule is CC(O)OS(C)(=O)=O.[NaH]. The van der Waals surface area contributed by atoms with Crippen molar-refractivity contribution in [1.29, 1.82) is 0 Å². The predicted molar refractivity (Wildman–Crippen MR) is 34.8 cm³/mol. The van der Waals surface area contributed by atoms with Gasteiger partial charge in [0.25, 0.3) is 10.1 Å². The van der Waals surface area contributed by atoms with E-state index in [-0.39, 0.29) is 29.6 Å². The molecule has 0 aliphatic rings. The van der Waals surface area contributed by atoms with Gasteiger partial charge >= 0.3 is 29.6 Å². The third-order valence-corrected chi connectivity index (χ3v) is 0.942. The van der Waals surface area contributed by atoms with Crippen LogP contribution in [0.15, 0.2) is 0 Å². The van der Waals surface area contributed by atoms with Crippen molar-refractivity contribution in [3.63, 3.8) is 0 Å². The summed E-state index contributed by atoms with van der Waals surface area (Å²) in [5.41, 5.74) is 0. The van der Waals surface area contributed by atoms with Gasteiger partial charge in [0.1, 0.15) is 0 Å². The molecule has 0 aliphatic heterocycles. The van der Waals surface area contributed by atoms with Crippen LogP contribution in [0.4, 0.5) is 0 Å². The van der Waals surface area contributed by atoms with Gasteiger partial charge in [-0.1, -0.05) is 0 Å². The van der Waals surface area contributed by atoms with Gasteiger partial charge in [-0.15, -0.1) is 0 Å².